The quantitative estimate of drug-likeness (QED) is 0.802. The molecule has 2 N–H and O–H groups in total. The highest BCUT2D eigenvalue weighted by atomic mass is 32.2. The van der Waals surface area contributed by atoms with Crippen LogP contribution in [-0.4, -0.2) is 16.5 Å². The molecule has 1 aromatic carbocycles. The summed E-state index contributed by atoms with van der Waals surface area (Å²) in [5, 5.41) is 3.11. The molecule has 1 aromatic heterocycles. The van der Waals surface area contributed by atoms with Crippen LogP contribution in [0.5, 0.6) is 0 Å². The van der Waals surface area contributed by atoms with E-state index in [1.165, 1.54) is 10.5 Å². The van der Waals surface area contributed by atoms with E-state index in [1.807, 2.05) is 0 Å². The molecule has 0 aliphatic rings. The minimum Gasteiger partial charge on any atom is -0.356 e. The maximum atomic E-state index is 11.6. The fourth-order valence-corrected chi connectivity index (χ4v) is 2.49. The smallest absolute Gasteiger partial charge is 0.252 e. The fourth-order valence-electron chi connectivity index (χ4n) is 1.70. The number of H-pyrrole nitrogens is 1. The molecule has 0 aliphatic carbocycles. The maximum absolute atomic E-state index is 11.6. The molecule has 2 aromatic rings. The zero-order valence-corrected chi connectivity index (χ0v) is 12.6. The van der Waals surface area contributed by atoms with Gasteiger partial charge in [0.05, 0.1) is 5.69 Å². The van der Waals surface area contributed by atoms with Crippen LogP contribution in [0.15, 0.2) is 40.0 Å². The van der Waals surface area contributed by atoms with Crippen LogP contribution < -0.4 is 10.9 Å². The van der Waals surface area contributed by atoms with E-state index in [0.717, 1.165) is 18.7 Å². The van der Waals surface area contributed by atoms with Crippen molar-refractivity contribution in [3.8, 4) is 0 Å². The van der Waals surface area contributed by atoms with Crippen LogP contribution in [0.4, 0.5) is 5.95 Å². The van der Waals surface area contributed by atoms with E-state index in [2.05, 4.69) is 53.4 Å². The van der Waals surface area contributed by atoms with Gasteiger partial charge in [-0.15, -0.1) is 11.8 Å². The predicted octanol–water partition coefficient (Wildman–Crippen LogP) is 3.19. The highest BCUT2D eigenvalue weighted by Gasteiger charge is 2.02. The van der Waals surface area contributed by atoms with Crippen LogP contribution in [0.2, 0.25) is 0 Å². The van der Waals surface area contributed by atoms with E-state index in [1.54, 1.807) is 17.8 Å². The average Bonchev–Trinajstić information content (AvgIpc) is 2.44. The average molecular weight is 289 g/mol. The van der Waals surface area contributed by atoms with Crippen LogP contribution in [0.25, 0.3) is 0 Å². The zero-order valence-electron chi connectivity index (χ0n) is 11.8. The number of benzene rings is 1. The van der Waals surface area contributed by atoms with Crippen molar-refractivity contribution in [1.29, 1.82) is 0 Å². The van der Waals surface area contributed by atoms with Gasteiger partial charge in [0.25, 0.3) is 5.56 Å². The van der Waals surface area contributed by atoms with Gasteiger partial charge in [-0.25, -0.2) is 4.98 Å². The Morgan fingerprint density at radius 1 is 1.30 bits per heavy atom. The third kappa shape index (κ3) is 4.42. The molecular weight excluding hydrogens is 270 g/mol. The summed E-state index contributed by atoms with van der Waals surface area (Å²) in [6.07, 6.45) is 0.992. The van der Waals surface area contributed by atoms with Crippen LogP contribution in [-0.2, 0) is 5.75 Å². The van der Waals surface area contributed by atoms with E-state index in [0.29, 0.717) is 11.7 Å². The SMILES string of the molecule is CCCNc1nc(CSc2ccc(C)cc2)cc(=O)[nH]1. The molecule has 0 saturated heterocycles. The molecule has 5 heteroatoms. The number of aryl methyl sites for hydroxylation is 1. The van der Waals surface area contributed by atoms with Crippen molar-refractivity contribution in [2.75, 3.05) is 11.9 Å². The van der Waals surface area contributed by atoms with Gasteiger partial charge in [-0.2, -0.15) is 0 Å². The van der Waals surface area contributed by atoms with Gasteiger partial charge in [0.1, 0.15) is 0 Å². The number of thioether (sulfide) groups is 1. The summed E-state index contributed by atoms with van der Waals surface area (Å²) in [5.41, 5.74) is 1.92. The van der Waals surface area contributed by atoms with Crippen LogP contribution >= 0.6 is 11.8 Å². The lowest BCUT2D eigenvalue weighted by molar-refractivity contribution is 0.937. The topological polar surface area (TPSA) is 57.8 Å². The van der Waals surface area contributed by atoms with Crippen molar-refractivity contribution in [3.05, 3.63) is 51.9 Å². The van der Waals surface area contributed by atoms with Gasteiger partial charge in [0.15, 0.2) is 0 Å². The van der Waals surface area contributed by atoms with Crippen molar-refractivity contribution in [1.82, 2.24) is 9.97 Å². The first-order chi connectivity index (χ1) is 9.67. The second kappa shape index (κ2) is 7.14. The largest absolute Gasteiger partial charge is 0.356 e. The van der Waals surface area contributed by atoms with E-state index < -0.39 is 0 Å². The van der Waals surface area contributed by atoms with Crippen molar-refractivity contribution >= 4 is 17.7 Å². The van der Waals surface area contributed by atoms with E-state index in [-0.39, 0.29) is 5.56 Å². The second-order valence-corrected chi connectivity index (χ2v) is 5.66. The highest BCUT2D eigenvalue weighted by molar-refractivity contribution is 7.98. The molecule has 0 unspecified atom stereocenters. The van der Waals surface area contributed by atoms with E-state index >= 15 is 0 Å². The summed E-state index contributed by atoms with van der Waals surface area (Å²) >= 11 is 1.68. The van der Waals surface area contributed by atoms with Gasteiger partial charge in [-0.3, -0.25) is 9.78 Å². The Hall–Kier alpha value is -1.75. The normalized spacial score (nSPS) is 10.5. The lowest BCUT2D eigenvalue weighted by Gasteiger charge is -2.06. The Labute approximate surface area is 123 Å². The van der Waals surface area contributed by atoms with Crippen molar-refractivity contribution < 1.29 is 0 Å². The molecule has 0 radical (unpaired) electrons. The Morgan fingerprint density at radius 3 is 2.75 bits per heavy atom. The van der Waals surface area contributed by atoms with Gasteiger partial charge >= 0.3 is 0 Å². The van der Waals surface area contributed by atoms with Gasteiger partial charge < -0.3 is 5.32 Å². The Kier molecular flexibility index (Phi) is 5.24. The molecule has 106 valence electrons. The molecule has 0 bridgehead atoms. The number of nitrogens with one attached hydrogen (secondary N) is 2. The van der Waals surface area contributed by atoms with Gasteiger partial charge in [-0.05, 0) is 25.5 Å². The predicted molar refractivity (Wildman–Crippen MR) is 84.4 cm³/mol. The molecule has 0 fully saturated rings. The molecule has 0 saturated carbocycles. The van der Waals surface area contributed by atoms with E-state index in [4.69, 9.17) is 0 Å². The highest BCUT2D eigenvalue weighted by Crippen LogP contribution is 2.21. The minimum absolute atomic E-state index is 0.113. The van der Waals surface area contributed by atoms with Gasteiger partial charge in [-0.1, -0.05) is 24.6 Å². The number of nitrogens with zero attached hydrogens (tertiary/aromatic N) is 1. The number of hydrogen-bond donors (Lipinski definition) is 2. The lowest BCUT2D eigenvalue weighted by Crippen LogP contribution is -2.14. The number of hydrogen-bond acceptors (Lipinski definition) is 4. The molecule has 20 heavy (non-hydrogen) atoms. The minimum atomic E-state index is -0.113. The molecule has 1 heterocycles. The standard InChI is InChI=1S/C15H19N3OS/c1-3-8-16-15-17-12(9-14(19)18-15)10-20-13-6-4-11(2)5-7-13/h4-7,9H,3,8,10H2,1-2H3,(H2,16,17,18,19). The number of rotatable bonds is 6. The summed E-state index contributed by atoms with van der Waals surface area (Å²) in [6.45, 7) is 4.94. The zero-order chi connectivity index (χ0) is 14.4. The lowest BCUT2D eigenvalue weighted by atomic mass is 10.2. The summed E-state index contributed by atoms with van der Waals surface area (Å²) in [7, 11) is 0. The van der Waals surface area contributed by atoms with Crippen LogP contribution in [0, 0.1) is 6.92 Å². The number of aromatic amines is 1. The van der Waals surface area contributed by atoms with Gasteiger partial charge in [0.2, 0.25) is 5.95 Å². The Balaban J connectivity index is 2.03. The summed E-state index contributed by atoms with van der Waals surface area (Å²) in [5.74, 6) is 1.24. The first-order valence-corrected chi connectivity index (χ1v) is 7.69. The molecule has 0 amide bonds. The summed E-state index contributed by atoms with van der Waals surface area (Å²) in [6, 6.07) is 9.90. The van der Waals surface area contributed by atoms with E-state index in [9.17, 15) is 4.79 Å². The van der Waals surface area contributed by atoms with Gasteiger partial charge in [0, 0.05) is 23.3 Å². The summed E-state index contributed by atoms with van der Waals surface area (Å²) in [4.78, 5) is 19.9. The Morgan fingerprint density at radius 2 is 2.05 bits per heavy atom. The first-order valence-electron chi connectivity index (χ1n) is 6.71. The molecule has 2 rings (SSSR count). The summed E-state index contributed by atoms with van der Waals surface area (Å²) < 4.78 is 0. The Bertz CT molecular complexity index is 607. The van der Waals surface area contributed by atoms with Crippen LogP contribution in [0.3, 0.4) is 0 Å². The molecule has 0 atom stereocenters. The third-order valence-corrected chi connectivity index (χ3v) is 3.79. The van der Waals surface area contributed by atoms with Crippen molar-refractivity contribution in [3.63, 3.8) is 0 Å². The monoisotopic (exact) mass is 289 g/mol. The van der Waals surface area contributed by atoms with Crippen LogP contribution in [0.1, 0.15) is 24.6 Å². The molecule has 0 aliphatic heterocycles. The number of anilines is 1. The first kappa shape index (κ1) is 14.7. The van der Waals surface area contributed by atoms with Crippen molar-refractivity contribution in [2.45, 2.75) is 30.9 Å². The maximum Gasteiger partial charge on any atom is 0.252 e. The fraction of sp³-hybridized carbons (Fsp3) is 0.333. The van der Waals surface area contributed by atoms with Crippen molar-refractivity contribution in [2.24, 2.45) is 0 Å². The second-order valence-electron chi connectivity index (χ2n) is 4.61. The molecule has 4 nitrogen and oxygen atoms in total. The third-order valence-electron chi connectivity index (χ3n) is 2.74. The molecular formula is C15H19N3OS. The number of aromatic nitrogens is 2. The molecule has 0 spiro atoms.